The second kappa shape index (κ2) is 11.0. The SMILES string of the molecule is COc1ccc2c(n1)N(c1ccc3c(c1)CCC(N(Cc1cc4c(cn1)OCCO4)C(=O)OC(C)(C)C)C3)C(=O)CN2. The van der Waals surface area contributed by atoms with Gasteiger partial charge in [-0.3, -0.25) is 19.6 Å². The van der Waals surface area contributed by atoms with Crippen LogP contribution in [0.1, 0.15) is 44.0 Å². The molecule has 0 spiro atoms. The summed E-state index contributed by atoms with van der Waals surface area (Å²) in [6.07, 6.45) is 3.39. The third-order valence-corrected chi connectivity index (χ3v) is 7.49. The topological polar surface area (TPSA) is 115 Å². The van der Waals surface area contributed by atoms with E-state index >= 15 is 0 Å². The number of nitrogens with zero attached hydrogens (tertiary/aromatic N) is 4. The maximum Gasteiger partial charge on any atom is 0.410 e. The van der Waals surface area contributed by atoms with Gasteiger partial charge in [-0.1, -0.05) is 6.07 Å². The summed E-state index contributed by atoms with van der Waals surface area (Å²) in [6.45, 7) is 7.01. The molecule has 3 aromatic rings. The van der Waals surface area contributed by atoms with Gasteiger partial charge in [0.1, 0.15) is 18.8 Å². The van der Waals surface area contributed by atoms with Crippen LogP contribution in [0.2, 0.25) is 0 Å². The van der Waals surface area contributed by atoms with Crippen molar-refractivity contribution in [1.29, 1.82) is 0 Å². The van der Waals surface area contributed by atoms with Crippen LogP contribution in [-0.2, 0) is 28.9 Å². The van der Waals surface area contributed by atoms with Crippen molar-refractivity contribution in [1.82, 2.24) is 14.9 Å². The Kier molecular flexibility index (Phi) is 7.26. The second-order valence-corrected chi connectivity index (χ2v) is 11.6. The number of hydrogen-bond donors (Lipinski definition) is 1. The number of carbonyl (C=O) groups is 2. The van der Waals surface area contributed by atoms with Crippen molar-refractivity contribution in [3.05, 3.63) is 59.4 Å². The quantitative estimate of drug-likeness (QED) is 0.466. The van der Waals surface area contributed by atoms with E-state index in [0.717, 1.165) is 35.3 Å². The number of methoxy groups -OCH3 is 1. The van der Waals surface area contributed by atoms with E-state index in [2.05, 4.69) is 21.4 Å². The van der Waals surface area contributed by atoms with Gasteiger partial charge in [0.15, 0.2) is 17.3 Å². The Morgan fingerprint density at radius 3 is 2.71 bits per heavy atom. The normalized spacial score (nSPS) is 17.5. The molecule has 42 heavy (non-hydrogen) atoms. The molecular weight excluding hydrogens is 538 g/mol. The summed E-state index contributed by atoms with van der Waals surface area (Å²) in [5, 5.41) is 3.13. The zero-order valence-corrected chi connectivity index (χ0v) is 24.3. The maximum atomic E-state index is 13.5. The van der Waals surface area contributed by atoms with Crippen LogP contribution in [-0.4, -0.2) is 65.4 Å². The zero-order valence-electron chi connectivity index (χ0n) is 24.3. The minimum atomic E-state index is -0.639. The number of benzene rings is 1. The molecule has 4 heterocycles. The molecule has 1 unspecified atom stereocenters. The molecule has 2 aliphatic heterocycles. The summed E-state index contributed by atoms with van der Waals surface area (Å²) < 4.78 is 22.5. The van der Waals surface area contributed by atoms with E-state index in [9.17, 15) is 9.59 Å². The summed E-state index contributed by atoms with van der Waals surface area (Å²) >= 11 is 0. The molecule has 1 aromatic carbocycles. The summed E-state index contributed by atoms with van der Waals surface area (Å²) in [7, 11) is 1.55. The molecule has 0 saturated carbocycles. The number of rotatable bonds is 5. The third kappa shape index (κ3) is 5.63. The van der Waals surface area contributed by atoms with Gasteiger partial charge < -0.3 is 24.3 Å². The molecule has 1 atom stereocenters. The average Bonchev–Trinajstić information content (AvgIpc) is 2.98. The standard InChI is InChI=1S/C31H35N5O6/c1-31(2,3)42-30(38)35(18-21-15-25-26(16-32-21)41-12-11-40-25)22-7-5-20-14-23(8-6-19(20)13-22)36-28(37)17-33-24-9-10-27(39-4)34-29(24)36/h6,8-10,14-16,22,33H,5,7,11-13,17-18H2,1-4H3. The lowest BCUT2D eigenvalue weighted by atomic mass is 9.87. The number of fused-ring (bicyclic) bond motifs is 3. The van der Waals surface area contributed by atoms with E-state index in [1.807, 2.05) is 45.0 Å². The van der Waals surface area contributed by atoms with Crippen LogP contribution in [0.5, 0.6) is 17.4 Å². The van der Waals surface area contributed by atoms with Crippen molar-refractivity contribution >= 4 is 29.2 Å². The zero-order chi connectivity index (χ0) is 29.4. The number of nitrogens with one attached hydrogen (secondary N) is 1. The highest BCUT2D eigenvalue weighted by Gasteiger charge is 2.33. The van der Waals surface area contributed by atoms with Gasteiger partial charge >= 0.3 is 6.09 Å². The van der Waals surface area contributed by atoms with Crippen LogP contribution >= 0.6 is 0 Å². The Bertz CT molecular complexity index is 1520. The van der Waals surface area contributed by atoms with E-state index in [1.165, 1.54) is 0 Å². The first-order chi connectivity index (χ1) is 20.2. The van der Waals surface area contributed by atoms with Crippen LogP contribution in [0.25, 0.3) is 0 Å². The largest absolute Gasteiger partial charge is 0.486 e. The fourth-order valence-corrected chi connectivity index (χ4v) is 5.53. The van der Waals surface area contributed by atoms with E-state index in [1.54, 1.807) is 29.2 Å². The number of aromatic nitrogens is 2. The molecule has 0 fully saturated rings. The van der Waals surface area contributed by atoms with Crippen molar-refractivity contribution in [2.75, 3.05) is 37.1 Å². The number of amides is 2. The molecule has 0 bridgehead atoms. The Morgan fingerprint density at radius 1 is 1.12 bits per heavy atom. The first kappa shape index (κ1) is 27.6. The van der Waals surface area contributed by atoms with Gasteiger partial charge in [0.25, 0.3) is 5.91 Å². The Labute approximate surface area is 244 Å². The van der Waals surface area contributed by atoms with Crippen molar-refractivity contribution in [3.63, 3.8) is 0 Å². The van der Waals surface area contributed by atoms with Crippen LogP contribution in [0.3, 0.4) is 0 Å². The van der Waals surface area contributed by atoms with Crippen LogP contribution < -0.4 is 24.4 Å². The third-order valence-electron chi connectivity index (χ3n) is 7.49. The summed E-state index contributed by atoms with van der Waals surface area (Å²) in [6, 6.07) is 11.4. The molecule has 1 aliphatic carbocycles. The molecule has 2 amide bonds. The van der Waals surface area contributed by atoms with Crippen LogP contribution in [0.15, 0.2) is 42.6 Å². The molecule has 2 aromatic heterocycles. The number of hydrogen-bond acceptors (Lipinski definition) is 9. The number of carbonyl (C=O) groups excluding carboxylic acids is 2. The molecule has 11 heteroatoms. The summed E-state index contributed by atoms with van der Waals surface area (Å²) in [5.74, 6) is 2.09. The fraction of sp³-hybridized carbons (Fsp3) is 0.419. The molecule has 3 aliphatic rings. The van der Waals surface area contributed by atoms with Crippen molar-refractivity contribution in [3.8, 4) is 17.4 Å². The van der Waals surface area contributed by atoms with E-state index in [4.69, 9.17) is 18.9 Å². The van der Waals surface area contributed by atoms with Gasteiger partial charge in [-0.05, 0) is 69.4 Å². The maximum absolute atomic E-state index is 13.5. The minimum Gasteiger partial charge on any atom is -0.486 e. The number of ether oxygens (including phenoxy) is 4. The smallest absolute Gasteiger partial charge is 0.410 e. The Morgan fingerprint density at radius 2 is 1.93 bits per heavy atom. The average molecular weight is 574 g/mol. The van der Waals surface area contributed by atoms with Crippen molar-refractivity contribution in [2.24, 2.45) is 0 Å². The van der Waals surface area contributed by atoms with Crippen molar-refractivity contribution < 1.29 is 28.5 Å². The monoisotopic (exact) mass is 573 g/mol. The van der Waals surface area contributed by atoms with E-state index in [0.29, 0.717) is 48.5 Å². The summed E-state index contributed by atoms with van der Waals surface area (Å²) in [5.41, 5.74) is 3.85. The van der Waals surface area contributed by atoms with Gasteiger partial charge in [-0.2, -0.15) is 4.98 Å². The lowest BCUT2D eigenvalue weighted by Crippen LogP contribution is -2.45. The molecule has 11 nitrogen and oxygen atoms in total. The first-order valence-corrected chi connectivity index (χ1v) is 14.2. The molecule has 0 saturated heterocycles. The van der Waals surface area contributed by atoms with Gasteiger partial charge in [0.2, 0.25) is 5.88 Å². The van der Waals surface area contributed by atoms with Crippen molar-refractivity contribution in [2.45, 2.75) is 58.2 Å². The van der Waals surface area contributed by atoms with Crippen LogP contribution in [0.4, 0.5) is 22.0 Å². The molecular formula is C31H35N5O6. The summed E-state index contributed by atoms with van der Waals surface area (Å²) in [4.78, 5) is 39.0. The number of aryl methyl sites for hydroxylation is 1. The number of anilines is 3. The molecule has 0 radical (unpaired) electrons. The Balaban J connectivity index is 1.26. The van der Waals surface area contributed by atoms with E-state index < -0.39 is 5.60 Å². The first-order valence-electron chi connectivity index (χ1n) is 14.2. The minimum absolute atomic E-state index is 0.0966. The van der Waals surface area contributed by atoms with E-state index in [-0.39, 0.29) is 31.1 Å². The Hall–Kier alpha value is -4.54. The second-order valence-electron chi connectivity index (χ2n) is 11.6. The van der Waals surface area contributed by atoms with Crippen LogP contribution in [0, 0.1) is 0 Å². The molecule has 220 valence electrons. The lowest BCUT2D eigenvalue weighted by Gasteiger charge is -2.37. The molecule has 1 N–H and O–H groups in total. The van der Waals surface area contributed by atoms with Gasteiger partial charge in [0, 0.05) is 18.2 Å². The van der Waals surface area contributed by atoms with Gasteiger partial charge in [-0.25, -0.2) is 4.79 Å². The fourth-order valence-electron chi connectivity index (χ4n) is 5.53. The lowest BCUT2D eigenvalue weighted by molar-refractivity contribution is -0.116. The highest BCUT2D eigenvalue weighted by molar-refractivity contribution is 6.07. The number of pyridine rings is 2. The van der Waals surface area contributed by atoms with Gasteiger partial charge in [-0.15, -0.1) is 0 Å². The molecule has 6 rings (SSSR count). The predicted molar refractivity (Wildman–Crippen MR) is 156 cm³/mol. The highest BCUT2D eigenvalue weighted by atomic mass is 16.6. The predicted octanol–water partition coefficient (Wildman–Crippen LogP) is 4.64. The van der Waals surface area contributed by atoms with Gasteiger partial charge in [0.05, 0.1) is 43.5 Å². The highest BCUT2D eigenvalue weighted by Crippen LogP contribution is 2.38.